The average Bonchev–Trinajstić information content (AvgIpc) is 2.96. The molecule has 0 aliphatic rings. The van der Waals surface area contributed by atoms with Crippen LogP contribution < -0.4 is 10.1 Å². The summed E-state index contributed by atoms with van der Waals surface area (Å²) in [5.41, 5.74) is 1.94. The number of fused-ring (bicyclic) bond motifs is 1. The topological polar surface area (TPSA) is 51.2 Å². The molecule has 0 unspecified atom stereocenters. The number of amides is 1. The fraction of sp³-hybridized carbons (Fsp3) is 0.176. The molecule has 0 saturated heterocycles. The molecule has 0 radical (unpaired) electrons. The zero-order valence-corrected chi connectivity index (χ0v) is 13.0. The standard InChI is InChI=1S/C17H16N2O2S/c1-21-13-8-6-12(7-9-13)10-16(20)18-11-17-19-14-4-2-3-5-15(14)22-17/h2-9H,10-11H2,1H3,(H,18,20). The zero-order chi connectivity index (χ0) is 15.4. The average molecular weight is 312 g/mol. The van der Waals surface area contributed by atoms with E-state index < -0.39 is 0 Å². The summed E-state index contributed by atoms with van der Waals surface area (Å²) in [7, 11) is 1.62. The van der Waals surface area contributed by atoms with Crippen LogP contribution in [0.4, 0.5) is 0 Å². The Balaban J connectivity index is 1.57. The summed E-state index contributed by atoms with van der Waals surface area (Å²) in [5.74, 6) is 0.781. The van der Waals surface area contributed by atoms with Crippen LogP contribution in [0, 0.1) is 0 Å². The number of para-hydroxylation sites is 1. The Hall–Kier alpha value is -2.40. The molecule has 112 valence electrons. The summed E-state index contributed by atoms with van der Waals surface area (Å²) >= 11 is 1.61. The number of aromatic nitrogens is 1. The number of nitrogens with one attached hydrogen (secondary N) is 1. The molecular formula is C17H16N2O2S. The molecule has 0 bridgehead atoms. The van der Waals surface area contributed by atoms with Gasteiger partial charge in [0.25, 0.3) is 0 Å². The summed E-state index contributed by atoms with van der Waals surface area (Å²) in [5, 5.41) is 3.84. The summed E-state index contributed by atoms with van der Waals surface area (Å²) in [6.07, 6.45) is 0.356. The number of carbonyl (C=O) groups is 1. The van der Waals surface area contributed by atoms with Crippen molar-refractivity contribution in [2.24, 2.45) is 0 Å². The van der Waals surface area contributed by atoms with E-state index in [0.29, 0.717) is 13.0 Å². The first-order valence-electron chi connectivity index (χ1n) is 6.98. The van der Waals surface area contributed by atoms with E-state index in [0.717, 1.165) is 26.5 Å². The van der Waals surface area contributed by atoms with Crippen LogP contribution in [-0.4, -0.2) is 18.0 Å². The molecular weight excluding hydrogens is 296 g/mol. The van der Waals surface area contributed by atoms with Gasteiger partial charge >= 0.3 is 0 Å². The molecule has 3 rings (SSSR count). The van der Waals surface area contributed by atoms with Crippen molar-refractivity contribution in [3.63, 3.8) is 0 Å². The van der Waals surface area contributed by atoms with Gasteiger partial charge in [-0.15, -0.1) is 11.3 Å². The van der Waals surface area contributed by atoms with E-state index in [2.05, 4.69) is 10.3 Å². The second-order valence-corrected chi connectivity index (χ2v) is 5.99. The highest BCUT2D eigenvalue weighted by molar-refractivity contribution is 7.18. The van der Waals surface area contributed by atoms with Gasteiger partial charge in [-0.3, -0.25) is 4.79 Å². The van der Waals surface area contributed by atoms with Crippen molar-refractivity contribution >= 4 is 27.5 Å². The summed E-state index contributed by atoms with van der Waals surface area (Å²) in [6, 6.07) is 15.5. The Labute approximate surface area is 132 Å². The van der Waals surface area contributed by atoms with Gasteiger partial charge in [-0.25, -0.2) is 4.98 Å². The highest BCUT2D eigenvalue weighted by atomic mass is 32.1. The number of rotatable bonds is 5. The second kappa shape index (κ2) is 6.58. The maximum atomic E-state index is 12.0. The van der Waals surface area contributed by atoms with Gasteiger partial charge in [-0.1, -0.05) is 24.3 Å². The van der Waals surface area contributed by atoms with Crippen LogP contribution in [0.3, 0.4) is 0 Å². The number of nitrogens with zero attached hydrogens (tertiary/aromatic N) is 1. The monoisotopic (exact) mass is 312 g/mol. The molecule has 4 nitrogen and oxygen atoms in total. The van der Waals surface area contributed by atoms with E-state index in [-0.39, 0.29) is 5.91 Å². The predicted molar refractivity (Wildman–Crippen MR) is 88.2 cm³/mol. The first-order chi connectivity index (χ1) is 10.7. The van der Waals surface area contributed by atoms with E-state index >= 15 is 0 Å². The third-order valence-electron chi connectivity index (χ3n) is 3.30. The van der Waals surface area contributed by atoms with Crippen molar-refractivity contribution in [1.29, 1.82) is 0 Å². The minimum Gasteiger partial charge on any atom is -0.497 e. The van der Waals surface area contributed by atoms with Gasteiger partial charge in [0.2, 0.25) is 5.91 Å². The van der Waals surface area contributed by atoms with Crippen LogP contribution in [-0.2, 0) is 17.8 Å². The molecule has 1 heterocycles. The molecule has 0 aliphatic heterocycles. The molecule has 0 atom stereocenters. The summed E-state index contributed by atoms with van der Waals surface area (Å²) in [6.45, 7) is 0.467. The highest BCUT2D eigenvalue weighted by Crippen LogP contribution is 2.21. The fourth-order valence-corrected chi connectivity index (χ4v) is 3.07. The van der Waals surface area contributed by atoms with Gasteiger partial charge in [-0.05, 0) is 29.8 Å². The second-order valence-electron chi connectivity index (χ2n) is 4.88. The van der Waals surface area contributed by atoms with E-state index in [1.807, 2.05) is 48.5 Å². The van der Waals surface area contributed by atoms with Crippen LogP contribution in [0.5, 0.6) is 5.75 Å². The Bertz CT molecular complexity index is 748. The molecule has 3 aromatic rings. The SMILES string of the molecule is COc1ccc(CC(=O)NCc2nc3ccccc3s2)cc1. The molecule has 22 heavy (non-hydrogen) atoms. The van der Waals surface area contributed by atoms with E-state index in [1.54, 1.807) is 18.4 Å². The first kappa shape index (κ1) is 14.5. The van der Waals surface area contributed by atoms with Crippen LogP contribution in [0.2, 0.25) is 0 Å². The summed E-state index contributed by atoms with van der Waals surface area (Å²) in [4.78, 5) is 16.5. The molecule has 1 N–H and O–H groups in total. The maximum Gasteiger partial charge on any atom is 0.224 e. The Morgan fingerprint density at radius 2 is 1.95 bits per heavy atom. The number of benzene rings is 2. The lowest BCUT2D eigenvalue weighted by Gasteiger charge is -2.04. The fourth-order valence-electron chi connectivity index (χ4n) is 2.16. The minimum absolute atomic E-state index is 0.00979. The van der Waals surface area contributed by atoms with Crippen molar-refractivity contribution in [2.45, 2.75) is 13.0 Å². The van der Waals surface area contributed by atoms with Crippen molar-refractivity contribution < 1.29 is 9.53 Å². The molecule has 0 spiro atoms. The lowest BCUT2D eigenvalue weighted by Crippen LogP contribution is -2.24. The third-order valence-corrected chi connectivity index (χ3v) is 4.34. The smallest absolute Gasteiger partial charge is 0.224 e. The molecule has 0 fully saturated rings. The largest absolute Gasteiger partial charge is 0.497 e. The van der Waals surface area contributed by atoms with Gasteiger partial charge in [0.1, 0.15) is 10.8 Å². The van der Waals surface area contributed by atoms with Crippen molar-refractivity contribution in [3.05, 3.63) is 59.1 Å². The molecule has 1 amide bonds. The number of thiazole rings is 1. The van der Waals surface area contributed by atoms with Gasteiger partial charge in [-0.2, -0.15) is 0 Å². The normalized spacial score (nSPS) is 10.6. The lowest BCUT2D eigenvalue weighted by molar-refractivity contribution is -0.120. The van der Waals surface area contributed by atoms with Crippen molar-refractivity contribution in [1.82, 2.24) is 10.3 Å². The molecule has 0 saturated carbocycles. The number of methoxy groups -OCH3 is 1. The van der Waals surface area contributed by atoms with Crippen LogP contribution in [0.25, 0.3) is 10.2 Å². The molecule has 1 aromatic heterocycles. The van der Waals surface area contributed by atoms with Crippen LogP contribution in [0.15, 0.2) is 48.5 Å². The van der Waals surface area contributed by atoms with Crippen LogP contribution >= 0.6 is 11.3 Å². The van der Waals surface area contributed by atoms with E-state index in [4.69, 9.17) is 4.74 Å². The van der Waals surface area contributed by atoms with Gasteiger partial charge < -0.3 is 10.1 Å². The zero-order valence-electron chi connectivity index (χ0n) is 12.2. The summed E-state index contributed by atoms with van der Waals surface area (Å²) < 4.78 is 6.24. The van der Waals surface area contributed by atoms with Crippen molar-refractivity contribution in [3.8, 4) is 5.75 Å². The quantitative estimate of drug-likeness (QED) is 0.787. The Morgan fingerprint density at radius 1 is 1.18 bits per heavy atom. The molecule has 2 aromatic carbocycles. The third kappa shape index (κ3) is 3.43. The van der Waals surface area contributed by atoms with E-state index in [9.17, 15) is 4.79 Å². The van der Waals surface area contributed by atoms with Crippen molar-refractivity contribution in [2.75, 3.05) is 7.11 Å². The lowest BCUT2D eigenvalue weighted by atomic mass is 10.1. The molecule has 5 heteroatoms. The highest BCUT2D eigenvalue weighted by Gasteiger charge is 2.07. The van der Waals surface area contributed by atoms with E-state index in [1.165, 1.54) is 0 Å². The number of hydrogen-bond donors (Lipinski definition) is 1. The van der Waals surface area contributed by atoms with Gasteiger partial charge in [0, 0.05) is 0 Å². The number of hydrogen-bond acceptors (Lipinski definition) is 4. The first-order valence-corrected chi connectivity index (χ1v) is 7.80. The number of ether oxygens (including phenoxy) is 1. The predicted octanol–water partition coefficient (Wildman–Crippen LogP) is 3.16. The Kier molecular flexibility index (Phi) is 4.34. The number of carbonyl (C=O) groups excluding carboxylic acids is 1. The van der Waals surface area contributed by atoms with Gasteiger partial charge in [0.05, 0.1) is 30.3 Å². The Morgan fingerprint density at radius 3 is 2.68 bits per heavy atom. The molecule has 0 aliphatic carbocycles. The minimum atomic E-state index is -0.00979. The van der Waals surface area contributed by atoms with Gasteiger partial charge in [0.15, 0.2) is 0 Å². The van der Waals surface area contributed by atoms with Crippen LogP contribution in [0.1, 0.15) is 10.6 Å². The maximum absolute atomic E-state index is 12.0.